The SMILES string of the molecule is CC(C)Oc1ccc(NC(=NCc2cccnc2N(C)C)NCC(=O)NC(C)(C)C)cc1. The van der Waals surface area contributed by atoms with Crippen LogP contribution in [0, 0.1) is 0 Å². The number of carbonyl (C=O) groups is 1. The number of nitrogens with one attached hydrogen (secondary N) is 3. The van der Waals surface area contributed by atoms with Crippen LogP contribution in [0.15, 0.2) is 47.6 Å². The van der Waals surface area contributed by atoms with Crippen molar-refractivity contribution < 1.29 is 9.53 Å². The third kappa shape index (κ3) is 8.83. The standard InChI is InChI=1S/C24H36N6O2/c1-17(2)32-20-12-10-19(11-13-20)28-23(27-16-21(31)29-24(3,4)5)26-15-18-9-8-14-25-22(18)30(6)7/h8-14,17H,15-16H2,1-7H3,(H,29,31)(H2,26,27,28). The van der Waals surface area contributed by atoms with Gasteiger partial charge in [-0.3, -0.25) is 4.79 Å². The number of nitrogens with zero attached hydrogens (tertiary/aromatic N) is 3. The number of ether oxygens (including phenoxy) is 1. The maximum Gasteiger partial charge on any atom is 0.239 e. The molecular formula is C24H36N6O2. The molecule has 1 amide bonds. The van der Waals surface area contributed by atoms with Crippen LogP contribution in [-0.2, 0) is 11.3 Å². The minimum absolute atomic E-state index is 0.102. The van der Waals surface area contributed by atoms with E-state index in [4.69, 9.17) is 4.74 Å². The second kappa shape index (κ2) is 11.4. The Morgan fingerprint density at radius 3 is 2.44 bits per heavy atom. The quantitative estimate of drug-likeness (QED) is 0.430. The van der Waals surface area contributed by atoms with E-state index in [1.54, 1.807) is 6.20 Å². The Balaban J connectivity index is 2.17. The monoisotopic (exact) mass is 440 g/mol. The smallest absolute Gasteiger partial charge is 0.239 e. The van der Waals surface area contributed by atoms with Crippen molar-refractivity contribution in [1.82, 2.24) is 15.6 Å². The molecule has 2 rings (SSSR count). The van der Waals surface area contributed by atoms with Crippen molar-refractivity contribution in [2.75, 3.05) is 30.9 Å². The van der Waals surface area contributed by atoms with Gasteiger partial charge in [0.25, 0.3) is 0 Å². The maximum absolute atomic E-state index is 12.3. The lowest BCUT2D eigenvalue weighted by Crippen LogP contribution is -2.46. The highest BCUT2D eigenvalue weighted by molar-refractivity contribution is 5.96. The first kappa shape index (κ1) is 25.0. The van der Waals surface area contributed by atoms with E-state index in [0.717, 1.165) is 22.8 Å². The number of guanidine groups is 1. The third-order valence-corrected chi connectivity index (χ3v) is 4.12. The predicted molar refractivity (Wildman–Crippen MR) is 131 cm³/mol. The summed E-state index contributed by atoms with van der Waals surface area (Å²) in [4.78, 5) is 23.4. The summed E-state index contributed by atoms with van der Waals surface area (Å²) in [6.07, 6.45) is 1.87. The molecule has 0 bridgehead atoms. The maximum atomic E-state index is 12.3. The van der Waals surface area contributed by atoms with Crippen LogP contribution in [-0.4, -0.2) is 49.1 Å². The molecule has 0 unspecified atom stereocenters. The lowest BCUT2D eigenvalue weighted by atomic mass is 10.1. The van der Waals surface area contributed by atoms with E-state index in [1.165, 1.54) is 0 Å². The first-order valence-corrected chi connectivity index (χ1v) is 10.8. The third-order valence-electron chi connectivity index (χ3n) is 4.12. The van der Waals surface area contributed by atoms with E-state index in [0.29, 0.717) is 12.5 Å². The van der Waals surface area contributed by atoms with Gasteiger partial charge in [-0.05, 0) is 65.0 Å². The van der Waals surface area contributed by atoms with Crippen molar-refractivity contribution in [1.29, 1.82) is 0 Å². The first-order valence-electron chi connectivity index (χ1n) is 10.8. The summed E-state index contributed by atoms with van der Waals surface area (Å²) in [5.74, 6) is 2.05. The number of rotatable bonds is 8. The molecule has 1 aromatic carbocycles. The predicted octanol–water partition coefficient (Wildman–Crippen LogP) is 3.41. The van der Waals surface area contributed by atoms with Gasteiger partial charge in [0.2, 0.25) is 5.91 Å². The van der Waals surface area contributed by atoms with Crippen LogP contribution in [0.4, 0.5) is 11.5 Å². The van der Waals surface area contributed by atoms with Gasteiger partial charge >= 0.3 is 0 Å². The fraction of sp³-hybridized carbons (Fsp3) is 0.458. The zero-order chi connectivity index (χ0) is 23.7. The van der Waals surface area contributed by atoms with Gasteiger partial charge in [-0.2, -0.15) is 0 Å². The molecule has 2 aromatic rings. The summed E-state index contributed by atoms with van der Waals surface area (Å²) in [7, 11) is 3.90. The summed E-state index contributed by atoms with van der Waals surface area (Å²) < 4.78 is 5.70. The molecule has 32 heavy (non-hydrogen) atoms. The molecule has 0 fully saturated rings. The van der Waals surface area contributed by atoms with Gasteiger partial charge in [0, 0.05) is 37.1 Å². The zero-order valence-electron chi connectivity index (χ0n) is 20.2. The highest BCUT2D eigenvalue weighted by atomic mass is 16.5. The lowest BCUT2D eigenvalue weighted by molar-refractivity contribution is -0.121. The summed E-state index contributed by atoms with van der Waals surface area (Å²) in [6, 6.07) is 11.5. The number of hydrogen-bond donors (Lipinski definition) is 3. The molecule has 0 aliphatic carbocycles. The van der Waals surface area contributed by atoms with Gasteiger partial charge in [-0.25, -0.2) is 9.98 Å². The summed E-state index contributed by atoms with van der Waals surface area (Å²) in [5.41, 5.74) is 1.52. The van der Waals surface area contributed by atoms with Crippen molar-refractivity contribution in [2.24, 2.45) is 4.99 Å². The van der Waals surface area contributed by atoms with Gasteiger partial charge in [0.05, 0.1) is 19.2 Å². The Morgan fingerprint density at radius 2 is 1.84 bits per heavy atom. The van der Waals surface area contributed by atoms with Gasteiger partial charge in [-0.1, -0.05) is 6.07 Å². The van der Waals surface area contributed by atoms with Crippen LogP contribution in [0.5, 0.6) is 5.75 Å². The second-order valence-corrected chi connectivity index (χ2v) is 9.01. The van der Waals surface area contributed by atoms with Crippen molar-refractivity contribution in [3.8, 4) is 5.75 Å². The average Bonchev–Trinajstić information content (AvgIpc) is 2.70. The van der Waals surface area contributed by atoms with Gasteiger partial charge in [0.15, 0.2) is 5.96 Å². The Kier molecular flexibility index (Phi) is 8.87. The topological polar surface area (TPSA) is 90.9 Å². The van der Waals surface area contributed by atoms with E-state index in [1.807, 2.05) is 90.0 Å². The highest BCUT2D eigenvalue weighted by Gasteiger charge is 2.14. The molecule has 0 aliphatic rings. The lowest BCUT2D eigenvalue weighted by Gasteiger charge is -2.21. The Morgan fingerprint density at radius 1 is 1.16 bits per heavy atom. The van der Waals surface area contributed by atoms with E-state index in [2.05, 4.69) is 25.9 Å². The number of benzene rings is 1. The van der Waals surface area contributed by atoms with Crippen molar-refractivity contribution in [3.05, 3.63) is 48.2 Å². The molecule has 8 nitrogen and oxygen atoms in total. The molecule has 0 saturated carbocycles. The molecule has 0 spiro atoms. The molecule has 1 heterocycles. The van der Waals surface area contributed by atoms with Gasteiger partial charge < -0.3 is 25.6 Å². The number of pyridine rings is 1. The van der Waals surface area contributed by atoms with E-state index < -0.39 is 0 Å². The van der Waals surface area contributed by atoms with E-state index in [-0.39, 0.29) is 24.1 Å². The minimum atomic E-state index is -0.300. The Bertz CT molecular complexity index is 901. The molecule has 174 valence electrons. The largest absolute Gasteiger partial charge is 0.491 e. The normalized spacial score (nSPS) is 11.8. The number of aromatic nitrogens is 1. The first-order chi connectivity index (χ1) is 15.0. The van der Waals surface area contributed by atoms with Crippen LogP contribution < -0.4 is 25.6 Å². The Hall–Kier alpha value is -3.29. The molecule has 0 saturated heterocycles. The van der Waals surface area contributed by atoms with Crippen molar-refractivity contribution in [2.45, 2.75) is 52.8 Å². The van der Waals surface area contributed by atoms with Crippen molar-refractivity contribution in [3.63, 3.8) is 0 Å². The van der Waals surface area contributed by atoms with Crippen LogP contribution in [0.3, 0.4) is 0 Å². The summed E-state index contributed by atoms with van der Waals surface area (Å²) in [6.45, 7) is 10.3. The number of carbonyl (C=O) groups excluding carboxylic acids is 1. The number of amides is 1. The van der Waals surface area contributed by atoms with E-state index >= 15 is 0 Å². The number of hydrogen-bond acceptors (Lipinski definition) is 5. The Labute approximate surface area is 191 Å². The van der Waals surface area contributed by atoms with Crippen LogP contribution in [0.2, 0.25) is 0 Å². The molecule has 0 radical (unpaired) electrons. The molecule has 0 atom stereocenters. The van der Waals surface area contributed by atoms with Crippen LogP contribution in [0.25, 0.3) is 0 Å². The highest BCUT2D eigenvalue weighted by Crippen LogP contribution is 2.18. The molecule has 3 N–H and O–H groups in total. The molecule has 8 heteroatoms. The molecule has 1 aromatic heterocycles. The van der Waals surface area contributed by atoms with Crippen LogP contribution in [0.1, 0.15) is 40.2 Å². The fourth-order valence-corrected chi connectivity index (χ4v) is 2.91. The van der Waals surface area contributed by atoms with Gasteiger partial charge in [0.1, 0.15) is 11.6 Å². The molecule has 0 aliphatic heterocycles. The average molecular weight is 441 g/mol. The van der Waals surface area contributed by atoms with Gasteiger partial charge in [-0.15, -0.1) is 0 Å². The zero-order valence-corrected chi connectivity index (χ0v) is 20.2. The second-order valence-electron chi connectivity index (χ2n) is 9.01. The fourth-order valence-electron chi connectivity index (χ4n) is 2.91. The number of anilines is 2. The van der Waals surface area contributed by atoms with E-state index in [9.17, 15) is 4.79 Å². The van der Waals surface area contributed by atoms with Crippen LogP contribution >= 0.6 is 0 Å². The summed E-state index contributed by atoms with van der Waals surface area (Å²) >= 11 is 0. The number of aliphatic imine (C=N–C) groups is 1. The summed E-state index contributed by atoms with van der Waals surface area (Å²) in [5, 5.41) is 9.33. The molecular weight excluding hydrogens is 404 g/mol. The van der Waals surface area contributed by atoms with Crippen molar-refractivity contribution >= 4 is 23.4 Å². The minimum Gasteiger partial charge on any atom is -0.491 e.